The molecule has 0 amide bonds. The first kappa shape index (κ1) is 20.1. The quantitative estimate of drug-likeness (QED) is 0.512. The number of hydrogen-bond donors (Lipinski definition) is 2. The van der Waals surface area contributed by atoms with Gasteiger partial charge in [0.2, 0.25) is 5.95 Å². The molecular weight excluding hydrogens is 370 g/mol. The van der Waals surface area contributed by atoms with Crippen LogP contribution in [0.3, 0.4) is 0 Å². The maximum Gasteiger partial charge on any atom is 0.225 e. The number of halogens is 1. The Hall–Kier alpha value is -2.63. The van der Waals surface area contributed by atoms with E-state index >= 15 is 0 Å². The largest absolute Gasteiger partial charge is 0.354 e. The molecular formula is C22H26ClN5. The third kappa shape index (κ3) is 5.68. The fraction of sp³-hybridized carbons (Fsp3) is 0.273. The second kappa shape index (κ2) is 9.53. The van der Waals surface area contributed by atoms with Crippen LogP contribution >= 0.6 is 11.6 Å². The van der Waals surface area contributed by atoms with Gasteiger partial charge in [0, 0.05) is 28.9 Å². The Labute approximate surface area is 171 Å². The van der Waals surface area contributed by atoms with Crippen LogP contribution in [0.1, 0.15) is 12.0 Å². The molecule has 0 bridgehead atoms. The summed E-state index contributed by atoms with van der Waals surface area (Å²) in [5.74, 6) is 1.34. The van der Waals surface area contributed by atoms with Crippen LogP contribution in [-0.4, -0.2) is 42.1 Å². The third-order valence-electron chi connectivity index (χ3n) is 4.31. The molecule has 1 aromatic heterocycles. The Morgan fingerprint density at radius 2 is 1.79 bits per heavy atom. The minimum Gasteiger partial charge on any atom is -0.354 e. The number of anilines is 3. The molecule has 0 saturated carbocycles. The van der Waals surface area contributed by atoms with E-state index in [1.54, 1.807) is 0 Å². The van der Waals surface area contributed by atoms with Crippen LogP contribution in [-0.2, 0) is 0 Å². The van der Waals surface area contributed by atoms with Crippen LogP contribution in [0.2, 0.25) is 5.02 Å². The predicted molar refractivity (Wildman–Crippen MR) is 119 cm³/mol. The highest BCUT2D eigenvalue weighted by molar-refractivity contribution is 6.31. The zero-order valence-corrected chi connectivity index (χ0v) is 17.3. The van der Waals surface area contributed by atoms with Gasteiger partial charge < -0.3 is 15.5 Å². The number of rotatable bonds is 8. The minimum absolute atomic E-state index is 0.612. The summed E-state index contributed by atoms with van der Waals surface area (Å²) in [7, 11) is 4.14. The molecule has 28 heavy (non-hydrogen) atoms. The minimum atomic E-state index is 0.612. The lowest BCUT2D eigenvalue weighted by Gasteiger charge is -2.13. The topological polar surface area (TPSA) is 53.1 Å². The van der Waals surface area contributed by atoms with Crippen molar-refractivity contribution in [2.24, 2.45) is 0 Å². The SMILES string of the molecule is Cc1ccc(Nc2cc(-c3ccccc3)nc(NCCCN(C)C)n2)cc1Cl. The highest BCUT2D eigenvalue weighted by Crippen LogP contribution is 2.26. The van der Waals surface area contributed by atoms with Crippen molar-refractivity contribution in [1.82, 2.24) is 14.9 Å². The number of hydrogen-bond acceptors (Lipinski definition) is 5. The van der Waals surface area contributed by atoms with Crippen molar-refractivity contribution in [1.29, 1.82) is 0 Å². The van der Waals surface area contributed by atoms with Gasteiger partial charge in [-0.15, -0.1) is 0 Å². The Bertz CT molecular complexity index is 912. The van der Waals surface area contributed by atoms with Crippen LogP contribution in [0.4, 0.5) is 17.5 Å². The zero-order chi connectivity index (χ0) is 19.9. The highest BCUT2D eigenvalue weighted by atomic mass is 35.5. The molecule has 6 heteroatoms. The summed E-state index contributed by atoms with van der Waals surface area (Å²) < 4.78 is 0. The monoisotopic (exact) mass is 395 g/mol. The van der Waals surface area contributed by atoms with Gasteiger partial charge in [0.15, 0.2) is 0 Å². The molecule has 0 spiro atoms. The van der Waals surface area contributed by atoms with E-state index in [0.29, 0.717) is 5.95 Å². The van der Waals surface area contributed by atoms with Gasteiger partial charge >= 0.3 is 0 Å². The number of aryl methyl sites for hydroxylation is 1. The Kier molecular flexibility index (Phi) is 6.85. The first-order chi connectivity index (χ1) is 13.5. The molecule has 5 nitrogen and oxygen atoms in total. The van der Waals surface area contributed by atoms with E-state index in [-0.39, 0.29) is 0 Å². The molecule has 3 aromatic rings. The lowest BCUT2D eigenvalue weighted by Crippen LogP contribution is -2.17. The second-order valence-corrected chi connectivity index (χ2v) is 7.41. The Morgan fingerprint density at radius 1 is 1.00 bits per heavy atom. The van der Waals surface area contributed by atoms with Gasteiger partial charge in [0.05, 0.1) is 5.69 Å². The fourth-order valence-corrected chi connectivity index (χ4v) is 2.94. The van der Waals surface area contributed by atoms with Crippen molar-refractivity contribution in [3.63, 3.8) is 0 Å². The van der Waals surface area contributed by atoms with E-state index < -0.39 is 0 Å². The third-order valence-corrected chi connectivity index (χ3v) is 4.71. The van der Waals surface area contributed by atoms with Gasteiger partial charge in [-0.3, -0.25) is 0 Å². The molecule has 1 heterocycles. The first-order valence-corrected chi connectivity index (χ1v) is 9.75. The standard InChI is InChI=1S/C22H26ClN5/c1-16-10-11-18(14-19(16)23)25-21-15-20(17-8-5-4-6-9-17)26-22(27-21)24-12-7-13-28(2)3/h4-6,8-11,14-15H,7,12-13H2,1-3H3,(H2,24,25,26,27). The van der Waals surface area contributed by atoms with E-state index in [9.17, 15) is 0 Å². The van der Waals surface area contributed by atoms with E-state index in [4.69, 9.17) is 16.6 Å². The molecule has 0 aliphatic carbocycles. The van der Waals surface area contributed by atoms with Crippen molar-refractivity contribution in [3.8, 4) is 11.3 Å². The maximum atomic E-state index is 6.26. The molecule has 0 fully saturated rings. The van der Waals surface area contributed by atoms with Gasteiger partial charge in [-0.2, -0.15) is 4.98 Å². The van der Waals surface area contributed by atoms with Gasteiger partial charge in [0.1, 0.15) is 5.82 Å². The van der Waals surface area contributed by atoms with Crippen molar-refractivity contribution >= 4 is 29.1 Å². The predicted octanol–water partition coefficient (Wildman–Crippen LogP) is 5.21. The maximum absolute atomic E-state index is 6.26. The molecule has 0 aliphatic heterocycles. The summed E-state index contributed by atoms with van der Waals surface area (Å²) in [6, 6.07) is 18.0. The lowest BCUT2D eigenvalue weighted by molar-refractivity contribution is 0.405. The number of nitrogens with one attached hydrogen (secondary N) is 2. The van der Waals surface area contributed by atoms with Gasteiger partial charge in [-0.05, 0) is 51.7 Å². The van der Waals surface area contributed by atoms with Crippen LogP contribution < -0.4 is 10.6 Å². The molecule has 3 rings (SSSR count). The zero-order valence-electron chi connectivity index (χ0n) is 16.5. The van der Waals surface area contributed by atoms with E-state index in [1.165, 1.54) is 0 Å². The van der Waals surface area contributed by atoms with Gasteiger partial charge in [-0.1, -0.05) is 48.0 Å². The number of aromatic nitrogens is 2. The molecule has 2 N–H and O–H groups in total. The van der Waals surface area contributed by atoms with Crippen LogP contribution in [0.25, 0.3) is 11.3 Å². The van der Waals surface area contributed by atoms with Crippen molar-refractivity contribution in [3.05, 3.63) is 65.2 Å². The summed E-state index contributed by atoms with van der Waals surface area (Å²) in [5.41, 5.74) is 3.85. The highest BCUT2D eigenvalue weighted by Gasteiger charge is 2.08. The average Bonchev–Trinajstić information content (AvgIpc) is 2.68. The first-order valence-electron chi connectivity index (χ1n) is 9.37. The smallest absolute Gasteiger partial charge is 0.225 e. The number of benzene rings is 2. The van der Waals surface area contributed by atoms with E-state index in [2.05, 4.69) is 34.6 Å². The van der Waals surface area contributed by atoms with Gasteiger partial charge in [-0.25, -0.2) is 4.98 Å². The molecule has 0 unspecified atom stereocenters. The Morgan fingerprint density at radius 3 is 2.50 bits per heavy atom. The Balaban J connectivity index is 1.85. The van der Waals surface area contributed by atoms with Crippen molar-refractivity contribution < 1.29 is 0 Å². The van der Waals surface area contributed by atoms with Gasteiger partial charge in [0.25, 0.3) is 0 Å². The molecule has 0 atom stereocenters. The number of nitrogens with zero attached hydrogens (tertiary/aromatic N) is 3. The molecule has 0 aliphatic rings. The molecule has 0 radical (unpaired) electrons. The molecule has 0 saturated heterocycles. The van der Waals surface area contributed by atoms with E-state index in [1.807, 2.05) is 61.5 Å². The van der Waals surface area contributed by atoms with E-state index in [0.717, 1.165) is 52.9 Å². The second-order valence-electron chi connectivity index (χ2n) is 7.00. The van der Waals surface area contributed by atoms with Crippen molar-refractivity contribution in [2.75, 3.05) is 37.8 Å². The summed E-state index contributed by atoms with van der Waals surface area (Å²) in [6.07, 6.45) is 1.02. The average molecular weight is 396 g/mol. The van der Waals surface area contributed by atoms with Crippen LogP contribution in [0.15, 0.2) is 54.6 Å². The van der Waals surface area contributed by atoms with Crippen molar-refractivity contribution in [2.45, 2.75) is 13.3 Å². The normalized spacial score (nSPS) is 10.9. The van der Waals surface area contributed by atoms with Crippen LogP contribution in [0, 0.1) is 6.92 Å². The fourth-order valence-electron chi connectivity index (χ4n) is 2.76. The lowest BCUT2D eigenvalue weighted by atomic mass is 10.1. The molecule has 146 valence electrons. The molecule has 2 aromatic carbocycles. The summed E-state index contributed by atoms with van der Waals surface area (Å²) in [4.78, 5) is 11.5. The summed E-state index contributed by atoms with van der Waals surface area (Å²) in [5, 5.41) is 7.42. The summed E-state index contributed by atoms with van der Waals surface area (Å²) >= 11 is 6.26. The summed E-state index contributed by atoms with van der Waals surface area (Å²) in [6.45, 7) is 3.81. The van der Waals surface area contributed by atoms with Crippen LogP contribution in [0.5, 0.6) is 0 Å².